The number of likely N-dealkylation sites (N-methyl/N-ethyl adjacent to an activating group) is 1. The number of piperazine rings is 1. The van der Waals surface area contributed by atoms with Crippen LogP contribution in [0.3, 0.4) is 0 Å². The first-order valence-corrected chi connectivity index (χ1v) is 11.4. The molecule has 2 N–H and O–H groups in total. The third-order valence-electron chi connectivity index (χ3n) is 6.09. The summed E-state index contributed by atoms with van der Waals surface area (Å²) in [4.78, 5) is 9.46. The van der Waals surface area contributed by atoms with E-state index in [1.807, 2.05) is 14.0 Å². The lowest BCUT2D eigenvalue weighted by Crippen LogP contribution is -2.53. The Labute approximate surface area is 205 Å². The molecule has 0 amide bonds. The second kappa shape index (κ2) is 12.7. The standard InChI is InChI=1S/C23H39N5O2.HI/c1-6-27-8-10-28(11-9-27)17(3)15-25-23(24-5)26-16-20-14-22-19(12-18(4)30-22)13-21(20)29-7-2;/h13-14,17-18H,6-12,15-16H2,1-5H3,(H2,24,25,26);1H. The van der Waals surface area contributed by atoms with Crippen molar-refractivity contribution in [3.8, 4) is 11.5 Å². The fourth-order valence-corrected chi connectivity index (χ4v) is 4.20. The topological polar surface area (TPSA) is 61.4 Å². The maximum atomic E-state index is 5.94. The largest absolute Gasteiger partial charge is 0.494 e. The van der Waals surface area contributed by atoms with Gasteiger partial charge in [0, 0.05) is 69.9 Å². The van der Waals surface area contributed by atoms with E-state index in [0.717, 1.165) is 68.7 Å². The number of nitrogens with one attached hydrogen (secondary N) is 2. The monoisotopic (exact) mass is 545 g/mol. The number of hydrogen-bond donors (Lipinski definition) is 2. The summed E-state index contributed by atoms with van der Waals surface area (Å²) < 4.78 is 11.8. The molecule has 3 rings (SSSR count). The average molecular weight is 546 g/mol. The second-order valence-corrected chi connectivity index (χ2v) is 8.26. The van der Waals surface area contributed by atoms with E-state index in [1.165, 1.54) is 5.56 Å². The maximum Gasteiger partial charge on any atom is 0.191 e. The number of benzene rings is 1. The van der Waals surface area contributed by atoms with E-state index in [4.69, 9.17) is 9.47 Å². The van der Waals surface area contributed by atoms with Crippen molar-refractivity contribution in [1.29, 1.82) is 0 Å². The zero-order chi connectivity index (χ0) is 21.5. The number of rotatable bonds is 8. The molecule has 1 aromatic carbocycles. The van der Waals surface area contributed by atoms with Crippen LogP contribution >= 0.6 is 24.0 Å². The number of hydrogen-bond acceptors (Lipinski definition) is 5. The number of ether oxygens (including phenoxy) is 2. The summed E-state index contributed by atoms with van der Waals surface area (Å²) in [5.41, 5.74) is 2.32. The van der Waals surface area contributed by atoms with Crippen LogP contribution < -0.4 is 20.1 Å². The minimum Gasteiger partial charge on any atom is -0.494 e. The molecule has 2 unspecified atom stereocenters. The van der Waals surface area contributed by atoms with Crippen molar-refractivity contribution < 1.29 is 9.47 Å². The van der Waals surface area contributed by atoms with Gasteiger partial charge in [0.2, 0.25) is 0 Å². The molecule has 2 atom stereocenters. The molecule has 7 nitrogen and oxygen atoms in total. The molecule has 31 heavy (non-hydrogen) atoms. The molecule has 1 fully saturated rings. The number of nitrogens with zero attached hydrogens (tertiary/aromatic N) is 3. The predicted molar refractivity (Wildman–Crippen MR) is 138 cm³/mol. The molecule has 2 aliphatic rings. The third kappa shape index (κ3) is 7.12. The van der Waals surface area contributed by atoms with Crippen molar-refractivity contribution in [2.45, 2.75) is 52.8 Å². The number of aliphatic imine (C=N–C) groups is 1. The molecule has 2 heterocycles. The quantitative estimate of drug-likeness (QED) is 0.298. The highest BCUT2D eigenvalue weighted by molar-refractivity contribution is 14.0. The van der Waals surface area contributed by atoms with Crippen LogP contribution in [-0.2, 0) is 13.0 Å². The van der Waals surface area contributed by atoms with E-state index in [0.29, 0.717) is 19.2 Å². The molecule has 0 aliphatic carbocycles. The van der Waals surface area contributed by atoms with Gasteiger partial charge in [-0.2, -0.15) is 0 Å². The molecule has 0 bridgehead atoms. The van der Waals surface area contributed by atoms with Crippen molar-refractivity contribution >= 4 is 29.9 Å². The molecule has 0 saturated carbocycles. The Morgan fingerprint density at radius 1 is 1.23 bits per heavy atom. The van der Waals surface area contributed by atoms with E-state index < -0.39 is 0 Å². The molecule has 2 aliphatic heterocycles. The summed E-state index contributed by atoms with van der Waals surface area (Å²) in [6.07, 6.45) is 1.17. The van der Waals surface area contributed by atoms with Crippen molar-refractivity contribution in [2.24, 2.45) is 4.99 Å². The predicted octanol–water partition coefficient (Wildman–Crippen LogP) is 2.72. The molecular formula is C23H40IN5O2. The van der Waals surface area contributed by atoms with Gasteiger partial charge in [-0.3, -0.25) is 9.89 Å². The van der Waals surface area contributed by atoms with Gasteiger partial charge in [-0.05, 0) is 39.4 Å². The molecule has 0 radical (unpaired) electrons. The highest BCUT2D eigenvalue weighted by atomic mass is 127. The van der Waals surface area contributed by atoms with Crippen LogP contribution in [0.15, 0.2) is 17.1 Å². The molecule has 0 spiro atoms. The van der Waals surface area contributed by atoms with Crippen molar-refractivity contribution in [3.05, 3.63) is 23.3 Å². The zero-order valence-corrected chi connectivity index (χ0v) is 22.1. The lowest BCUT2D eigenvalue weighted by molar-refractivity contribution is 0.107. The van der Waals surface area contributed by atoms with Gasteiger partial charge in [0.25, 0.3) is 0 Å². The van der Waals surface area contributed by atoms with Crippen LogP contribution in [0.4, 0.5) is 0 Å². The lowest BCUT2D eigenvalue weighted by atomic mass is 10.1. The fraction of sp³-hybridized carbons (Fsp3) is 0.696. The summed E-state index contributed by atoms with van der Waals surface area (Å²) in [6, 6.07) is 4.71. The summed E-state index contributed by atoms with van der Waals surface area (Å²) in [6.45, 7) is 16.5. The fourth-order valence-electron chi connectivity index (χ4n) is 4.20. The Kier molecular flexibility index (Phi) is 10.6. The summed E-state index contributed by atoms with van der Waals surface area (Å²) >= 11 is 0. The van der Waals surface area contributed by atoms with Crippen molar-refractivity contribution in [3.63, 3.8) is 0 Å². The van der Waals surface area contributed by atoms with Gasteiger partial charge >= 0.3 is 0 Å². The highest BCUT2D eigenvalue weighted by Crippen LogP contribution is 2.35. The summed E-state index contributed by atoms with van der Waals surface area (Å²) in [5.74, 6) is 2.72. The number of halogens is 1. The molecule has 1 saturated heterocycles. The van der Waals surface area contributed by atoms with Gasteiger partial charge in [-0.15, -0.1) is 24.0 Å². The second-order valence-electron chi connectivity index (χ2n) is 8.26. The van der Waals surface area contributed by atoms with Crippen LogP contribution in [0.5, 0.6) is 11.5 Å². The average Bonchev–Trinajstić information content (AvgIpc) is 3.12. The van der Waals surface area contributed by atoms with E-state index in [2.05, 4.69) is 58.3 Å². The molecule has 1 aromatic rings. The van der Waals surface area contributed by atoms with Gasteiger partial charge < -0.3 is 25.0 Å². The van der Waals surface area contributed by atoms with Crippen LogP contribution in [0.2, 0.25) is 0 Å². The molecular weight excluding hydrogens is 505 g/mol. The minimum atomic E-state index is 0. The van der Waals surface area contributed by atoms with Gasteiger partial charge in [-0.25, -0.2) is 0 Å². The van der Waals surface area contributed by atoms with Crippen molar-refractivity contribution in [2.75, 3.05) is 52.9 Å². The van der Waals surface area contributed by atoms with Gasteiger partial charge in [0.05, 0.1) is 6.61 Å². The normalized spacial score (nSPS) is 20.4. The van der Waals surface area contributed by atoms with Crippen LogP contribution in [0.1, 0.15) is 38.8 Å². The van der Waals surface area contributed by atoms with Crippen molar-refractivity contribution in [1.82, 2.24) is 20.4 Å². The Balaban J connectivity index is 0.00000341. The minimum absolute atomic E-state index is 0. The first-order valence-electron chi connectivity index (χ1n) is 11.4. The first-order chi connectivity index (χ1) is 14.5. The van der Waals surface area contributed by atoms with E-state index in [-0.39, 0.29) is 30.1 Å². The van der Waals surface area contributed by atoms with Gasteiger partial charge in [0.15, 0.2) is 5.96 Å². The first kappa shape index (κ1) is 26.0. The summed E-state index contributed by atoms with van der Waals surface area (Å²) in [5, 5.41) is 6.92. The Morgan fingerprint density at radius 2 is 1.97 bits per heavy atom. The Bertz CT molecular complexity index is 722. The highest BCUT2D eigenvalue weighted by Gasteiger charge is 2.22. The maximum absolute atomic E-state index is 5.94. The molecule has 8 heteroatoms. The van der Waals surface area contributed by atoms with E-state index in [9.17, 15) is 0 Å². The SMILES string of the molecule is CCOc1cc2c(cc1CNC(=NC)NCC(C)N1CCN(CC)CC1)OC(C)C2.I. The van der Waals surface area contributed by atoms with Gasteiger partial charge in [0.1, 0.15) is 17.6 Å². The molecule has 176 valence electrons. The number of fused-ring (bicyclic) bond motifs is 1. The Hall–Kier alpha value is -1.26. The van der Waals surface area contributed by atoms with Crippen LogP contribution in [0, 0.1) is 0 Å². The zero-order valence-electron chi connectivity index (χ0n) is 19.7. The van der Waals surface area contributed by atoms with Crippen LogP contribution in [-0.4, -0.2) is 80.8 Å². The van der Waals surface area contributed by atoms with Gasteiger partial charge in [-0.1, -0.05) is 6.92 Å². The lowest BCUT2D eigenvalue weighted by Gasteiger charge is -2.37. The van der Waals surface area contributed by atoms with Crippen LogP contribution in [0.25, 0.3) is 0 Å². The molecule has 0 aromatic heterocycles. The number of guanidine groups is 1. The van der Waals surface area contributed by atoms with E-state index >= 15 is 0 Å². The summed E-state index contributed by atoms with van der Waals surface area (Å²) in [7, 11) is 1.82. The third-order valence-corrected chi connectivity index (χ3v) is 6.09. The Morgan fingerprint density at radius 3 is 2.61 bits per heavy atom. The van der Waals surface area contributed by atoms with E-state index in [1.54, 1.807) is 0 Å². The smallest absolute Gasteiger partial charge is 0.191 e.